The lowest BCUT2D eigenvalue weighted by Crippen LogP contribution is -2.65. The molecule has 2 aliphatic rings. The van der Waals surface area contributed by atoms with Gasteiger partial charge >= 0.3 is 0 Å². The zero-order valence-corrected chi connectivity index (χ0v) is 13.0. The van der Waals surface area contributed by atoms with Gasteiger partial charge in [0.25, 0.3) is 0 Å². The first-order valence-electron chi connectivity index (χ1n) is 8.19. The van der Waals surface area contributed by atoms with E-state index in [4.69, 9.17) is 0 Å². The Hall–Kier alpha value is -1.87. The Balaban J connectivity index is 1.50. The van der Waals surface area contributed by atoms with Crippen molar-refractivity contribution in [1.29, 1.82) is 0 Å². The number of likely N-dealkylation sites (tertiary alicyclic amines) is 1. The molecular weight excluding hydrogens is 272 g/mol. The SMILES string of the molecule is CC1(C(=O)NC2CC2)CCN1Cc1ccc2ccccc2c1. The van der Waals surface area contributed by atoms with E-state index in [0.29, 0.717) is 6.04 Å². The molecule has 3 heteroatoms. The van der Waals surface area contributed by atoms with Crippen molar-refractivity contribution in [3.63, 3.8) is 0 Å². The number of hydrogen-bond donors (Lipinski definition) is 1. The summed E-state index contributed by atoms with van der Waals surface area (Å²) in [4.78, 5) is 14.8. The molecule has 2 aromatic rings. The lowest BCUT2D eigenvalue weighted by Gasteiger charge is -2.49. The van der Waals surface area contributed by atoms with Crippen molar-refractivity contribution in [2.45, 2.75) is 44.3 Å². The number of fused-ring (bicyclic) bond motifs is 1. The maximum absolute atomic E-state index is 12.5. The minimum absolute atomic E-state index is 0.210. The fraction of sp³-hybridized carbons (Fsp3) is 0.421. The molecule has 1 heterocycles. The lowest BCUT2D eigenvalue weighted by atomic mass is 9.85. The number of carbonyl (C=O) groups excluding carboxylic acids is 1. The smallest absolute Gasteiger partial charge is 0.240 e. The molecule has 2 fully saturated rings. The summed E-state index contributed by atoms with van der Waals surface area (Å²) in [5.41, 5.74) is 0.956. The lowest BCUT2D eigenvalue weighted by molar-refractivity contribution is -0.142. The van der Waals surface area contributed by atoms with Gasteiger partial charge in [-0.15, -0.1) is 0 Å². The van der Waals surface area contributed by atoms with Gasteiger partial charge in [0.1, 0.15) is 0 Å². The summed E-state index contributed by atoms with van der Waals surface area (Å²) in [6, 6.07) is 15.5. The monoisotopic (exact) mass is 294 g/mol. The topological polar surface area (TPSA) is 32.3 Å². The minimum atomic E-state index is -0.325. The first-order chi connectivity index (χ1) is 10.6. The van der Waals surface area contributed by atoms with Gasteiger partial charge in [0, 0.05) is 19.1 Å². The quantitative estimate of drug-likeness (QED) is 0.940. The van der Waals surface area contributed by atoms with Crippen LogP contribution in [0.1, 0.15) is 31.7 Å². The normalized spacial score (nSPS) is 25.0. The van der Waals surface area contributed by atoms with E-state index in [1.807, 2.05) is 0 Å². The Morgan fingerprint density at radius 3 is 2.68 bits per heavy atom. The van der Waals surface area contributed by atoms with Crippen molar-refractivity contribution in [3.8, 4) is 0 Å². The average molecular weight is 294 g/mol. The van der Waals surface area contributed by atoms with Crippen LogP contribution in [0, 0.1) is 0 Å². The van der Waals surface area contributed by atoms with Crippen molar-refractivity contribution in [2.24, 2.45) is 0 Å². The molecule has 1 saturated carbocycles. The molecule has 0 aromatic heterocycles. The molecule has 2 aromatic carbocycles. The summed E-state index contributed by atoms with van der Waals surface area (Å²) in [5, 5.41) is 5.70. The second kappa shape index (κ2) is 5.10. The Labute approximate surface area is 131 Å². The Morgan fingerprint density at radius 2 is 2.00 bits per heavy atom. The summed E-state index contributed by atoms with van der Waals surface area (Å²) in [5.74, 6) is 0.210. The highest BCUT2D eigenvalue weighted by molar-refractivity contribution is 5.87. The second-order valence-electron chi connectivity index (χ2n) is 6.87. The van der Waals surface area contributed by atoms with Crippen LogP contribution < -0.4 is 5.32 Å². The van der Waals surface area contributed by atoms with Crippen molar-refractivity contribution >= 4 is 16.7 Å². The van der Waals surface area contributed by atoms with Crippen molar-refractivity contribution in [2.75, 3.05) is 6.54 Å². The van der Waals surface area contributed by atoms with Crippen LogP contribution in [0.5, 0.6) is 0 Å². The van der Waals surface area contributed by atoms with Crippen LogP contribution in [0.2, 0.25) is 0 Å². The molecular formula is C19H22N2O. The summed E-state index contributed by atoms with van der Waals surface area (Å²) in [6.07, 6.45) is 3.25. The van der Waals surface area contributed by atoms with Gasteiger partial charge in [-0.2, -0.15) is 0 Å². The van der Waals surface area contributed by atoms with Crippen LogP contribution in [0.4, 0.5) is 0 Å². The maximum Gasteiger partial charge on any atom is 0.240 e. The van der Waals surface area contributed by atoms with Gasteiger partial charge in [0.05, 0.1) is 5.54 Å². The first kappa shape index (κ1) is 13.8. The van der Waals surface area contributed by atoms with Gasteiger partial charge in [-0.05, 0) is 48.6 Å². The Kier molecular flexibility index (Phi) is 3.19. The molecule has 1 aliphatic carbocycles. The molecule has 1 N–H and O–H groups in total. The van der Waals surface area contributed by atoms with E-state index in [9.17, 15) is 4.79 Å². The summed E-state index contributed by atoms with van der Waals surface area (Å²) < 4.78 is 0. The zero-order chi connectivity index (χ0) is 15.2. The van der Waals surface area contributed by atoms with Crippen LogP contribution in [-0.2, 0) is 11.3 Å². The number of nitrogens with zero attached hydrogens (tertiary/aromatic N) is 1. The second-order valence-corrected chi connectivity index (χ2v) is 6.87. The zero-order valence-electron chi connectivity index (χ0n) is 13.0. The van der Waals surface area contributed by atoms with Crippen molar-refractivity contribution < 1.29 is 4.79 Å². The van der Waals surface area contributed by atoms with E-state index in [1.165, 1.54) is 16.3 Å². The third-order valence-corrected chi connectivity index (χ3v) is 5.16. The van der Waals surface area contributed by atoms with E-state index in [2.05, 4.69) is 59.6 Å². The molecule has 4 rings (SSSR count). The summed E-state index contributed by atoms with van der Waals surface area (Å²) >= 11 is 0. The standard InChI is InChI=1S/C19H22N2O/c1-19(18(22)20-17-8-9-17)10-11-21(19)13-14-6-7-15-4-2-3-5-16(15)12-14/h2-7,12,17H,8-11,13H2,1H3,(H,20,22). The minimum Gasteiger partial charge on any atom is -0.352 e. The molecule has 1 amide bonds. The van der Waals surface area contributed by atoms with Crippen molar-refractivity contribution in [3.05, 3.63) is 48.0 Å². The Morgan fingerprint density at radius 1 is 1.23 bits per heavy atom. The van der Waals surface area contributed by atoms with E-state index in [1.54, 1.807) is 0 Å². The van der Waals surface area contributed by atoms with E-state index in [0.717, 1.165) is 32.4 Å². The van der Waals surface area contributed by atoms with Gasteiger partial charge < -0.3 is 5.32 Å². The van der Waals surface area contributed by atoms with Crippen LogP contribution in [-0.4, -0.2) is 28.9 Å². The van der Waals surface area contributed by atoms with Gasteiger partial charge in [-0.1, -0.05) is 36.4 Å². The molecule has 22 heavy (non-hydrogen) atoms. The molecule has 1 unspecified atom stereocenters. The van der Waals surface area contributed by atoms with Crippen molar-refractivity contribution in [1.82, 2.24) is 10.2 Å². The number of carbonyl (C=O) groups is 1. The van der Waals surface area contributed by atoms with E-state index >= 15 is 0 Å². The fourth-order valence-corrected chi connectivity index (χ4v) is 3.24. The summed E-state index contributed by atoms with van der Waals surface area (Å²) in [7, 11) is 0. The highest BCUT2D eigenvalue weighted by Gasteiger charge is 2.47. The van der Waals surface area contributed by atoms with Crippen LogP contribution in [0.15, 0.2) is 42.5 Å². The largest absolute Gasteiger partial charge is 0.352 e. The third kappa shape index (κ3) is 2.40. The highest BCUT2D eigenvalue weighted by atomic mass is 16.2. The molecule has 0 spiro atoms. The van der Waals surface area contributed by atoms with E-state index < -0.39 is 0 Å². The maximum atomic E-state index is 12.5. The number of hydrogen-bond acceptors (Lipinski definition) is 2. The average Bonchev–Trinajstić information content (AvgIpc) is 3.34. The first-order valence-corrected chi connectivity index (χ1v) is 8.19. The van der Waals surface area contributed by atoms with E-state index in [-0.39, 0.29) is 11.4 Å². The Bertz CT molecular complexity index is 722. The molecule has 0 radical (unpaired) electrons. The van der Waals surface area contributed by atoms with Crippen LogP contribution >= 0.6 is 0 Å². The van der Waals surface area contributed by atoms with Gasteiger partial charge in [-0.3, -0.25) is 9.69 Å². The van der Waals surface area contributed by atoms with Gasteiger partial charge in [-0.25, -0.2) is 0 Å². The van der Waals surface area contributed by atoms with Gasteiger partial charge in [0.15, 0.2) is 0 Å². The number of nitrogens with one attached hydrogen (secondary N) is 1. The number of rotatable bonds is 4. The highest BCUT2D eigenvalue weighted by Crippen LogP contribution is 2.33. The molecule has 114 valence electrons. The third-order valence-electron chi connectivity index (χ3n) is 5.16. The molecule has 1 atom stereocenters. The fourth-order valence-electron chi connectivity index (χ4n) is 3.24. The molecule has 3 nitrogen and oxygen atoms in total. The van der Waals surface area contributed by atoms with Gasteiger partial charge in [0.2, 0.25) is 5.91 Å². The van der Waals surface area contributed by atoms with Crippen LogP contribution in [0.25, 0.3) is 10.8 Å². The summed E-state index contributed by atoms with van der Waals surface area (Å²) in [6.45, 7) is 3.93. The molecule has 1 saturated heterocycles. The predicted octanol–water partition coefficient (Wildman–Crippen LogP) is 3.08. The number of benzene rings is 2. The van der Waals surface area contributed by atoms with Crippen LogP contribution in [0.3, 0.4) is 0 Å². The molecule has 1 aliphatic heterocycles. The predicted molar refractivity (Wildman–Crippen MR) is 88.5 cm³/mol. The molecule has 0 bridgehead atoms. The number of amides is 1.